The lowest BCUT2D eigenvalue weighted by Gasteiger charge is -2.03. The summed E-state index contributed by atoms with van der Waals surface area (Å²) in [6.07, 6.45) is 3.16. The molecule has 1 aromatic carbocycles. The third kappa shape index (κ3) is 2.24. The Bertz CT molecular complexity index is 489. The van der Waals surface area contributed by atoms with Crippen molar-refractivity contribution in [1.29, 1.82) is 0 Å². The third-order valence-electron chi connectivity index (χ3n) is 3.51. The van der Waals surface area contributed by atoms with Gasteiger partial charge in [-0.05, 0) is 18.9 Å². The highest BCUT2D eigenvalue weighted by Crippen LogP contribution is 2.40. The molecule has 0 spiro atoms. The fourth-order valence-corrected chi connectivity index (χ4v) is 2.28. The van der Waals surface area contributed by atoms with Crippen molar-refractivity contribution in [3.05, 3.63) is 53.3 Å². The molecule has 88 valence electrons. The second-order valence-electron chi connectivity index (χ2n) is 4.76. The van der Waals surface area contributed by atoms with E-state index in [2.05, 4.69) is 52.8 Å². The van der Waals surface area contributed by atoms with Crippen LogP contribution in [0.3, 0.4) is 0 Å². The van der Waals surface area contributed by atoms with Gasteiger partial charge in [0.25, 0.3) is 0 Å². The van der Waals surface area contributed by atoms with E-state index in [4.69, 9.17) is 0 Å². The van der Waals surface area contributed by atoms with E-state index in [1.54, 1.807) is 0 Å². The van der Waals surface area contributed by atoms with E-state index in [0.29, 0.717) is 12.0 Å². The minimum Gasteiger partial charge on any atom is -0.309 e. The van der Waals surface area contributed by atoms with E-state index >= 15 is 0 Å². The number of hydrogen-bond donors (Lipinski definition) is 2. The summed E-state index contributed by atoms with van der Waals surface area (Å²) in [7, 11) is 0. The lowest BCUT2D eigenvalue weighted by molar-refractivity contribution is 0.670. The van der Waals surface area contributed by atoms with Crippen LogP contribution in [0, 0.1) is 6.92 Å². The minimum atomic E-state index is 0.631. The zero-order chi connectivity index (χ0) is 11.7. The van der Waals surface area contributed by atoms with E-state index in [0.717, 1.165) is 12.2 Å². The summed E-state index contributed by atoms with van der Waals surface area (Å²) in [5, 5.41) is 10.6. The molecule has 1 saturated carbocycles. The van der Waals surface area contributed by atoms with Crippen molar-refractivity contribution in [3.8, 4) is 0 Å². The number of aromatic nitrogens is 2. The zero-order valence-corrected chi connectivity index (χ0v) is 9.98. The lowest BCUT2D eigenvalue weighted by atomic mass is 10.1. The van der Waals surface area contributed by atoms with Gasteiger partial charge in [-0.2, -0.15) is 5.10 Å². The molecule has 1 aliphatic rings. The van der Waals surface area contributed by atoms with Crippen molar-refractivity contribution in [1.82, 2.24) is 15.5 Å². The molecule has 3 rings (SSSR count). The fraction of sp³-hybridized carbons (Fsp3) is 0.357. The maximum absolute atomic E-state index is 4.03. The normalized spacial score (nSPS) is 22.6. The molecular weight excluding hydrogens is 210 g/mol. The number of nitrogens with one attached hydrogen (secondary N) is 2. The Labute approximate surface area is 101 Å². The van der Waals surface area contributed by atoms with E-state index in [-0.39, 0.29) is 0 Å². The standard InChI is InChI=1S/C14H17N3/c1-10-12(9-16-17-10)8-15-14-7-13(14)11-5-3-2-4-6-11/h2-6,9,13-15H,7-8H2,1H3,(H,16,17). The third-order valence-corrected chi connectivity index (χ3v) is 3.51. The number of aromatic amines is 1. The fourth-order valence-electron chi connectivity index (χ4n) is 2.28. The Balaban J connectivity index is 1.55. The SMILES string of the molecule is Cc1[nH]ncc1CNC1CC1c1ccccc1. The van der Waals surface area contributed by atoms with Crippen LogP contribution in [0.15, 0.2) is 36.5 Å². The highest BCUT2D eigenvalue weighted by atomic mass is 15.1. The molecule has 1 aromatic heterocycles. The molecule has 0 amide bonds. The van der Waals surface area contributed by atoms with Crippen LogP contribution in [0.4, 0.5) is 0 Å². The maximum Gasteiger partial charge on any atom is 0.0535 e. The van der Waals surface area contributed by atoms with Crippen molar-refractivity contribution >= 4 is 0 Å². The quantitative estimate of drug-likeness (QED) is 0.842. The second-order valence-corrected chi connectivity index (χ2v) is 4.76. The Kier molecular flexibility index (Phi) is 2.69. The molecule has 2 atom stereocenters. The van der Waals surface area contributed by atoms with Crippen molar-refractivity contribution in [2.75, 3.05) is 0 Å². The van der Waals surface area contributed by atoms with Crippen molar-refractivity contribution in [3.63, 3.8) is 0 Å². The van der Waals surface area contributed by atoms with Crippen LogP contribution in [0.2, 0.25) is 0 Å². The first-order valence-electron chi connectivity index (χ1n) is 6.12. The van der Waals surface area contributed by atoms with Gasteiger partial charge in [-0.25, -0.2) is 0 Å². The van der Waals surface area contributed by atoms with Gasteiger partial charge in [0.15, 0.2) is 0 Å². The zero-order valence-electron chi connectivity index (χ0n) is 9.98. The second kappa shape index (κ2) is 4.34. The first kappa shape index (κ1) is 10.5. The van der Waals surface area contributed by atoms with E-state index < -0.39 is 0 Å². The topological polar surface area (TPSA) is 40.7 Å². The van der Waals surface area contributed by atoms with Gasteiger partial charge in [-0.3, -0.25) is 5.10 Å². The number of benzene rings is 1. The van der Waals surface area contributed by atoms with E-state index in [9.17, 15) is 0 Å². The van der Waals surface area contributed by atoms with Gasteiger partial charge in [-0.1, -0.05) is 30.3 Å². The Hall–Kier alpha value is -1.61. The van der Waals surface area contributed by atoms with Crippen molar-refractivity contribution in [2.45, 2.75) is 31.8 Å². The van der Waals surface area contributed by atoms with Crippen LogP contribution in [0.5, 0.6) is 0 Å². The average Bonchev–Trinajstić information content (AvgIpc) is 3.04. The van der Waals surface area contributed by atoms with Crippen LogP contribution in [-0.4, -0.2) is 16.2 Å². The smallest absolute Gasteiger partial charge is 0.0535 e. The highest BCUT2D eigenvalue weighted by molar-refractivity contribution is 5.28. The monoisotopic (exact) mass is 227 g/mol. The molecule has 3 heteroatoms. The van der Waals surface area contributed by atoms with Gasteiger partial charge < -0.3 is 5.32 Å². The van der Waals surface area contributed by atoms with Crippen LogP contribution >= 0.6 is 0 Å². The molecule has 2 unspecified atom stereocenters. The maximum atomic E-state index is 4.03. The predicted molar refractivity (Wildman–Crippen MR) is 67.8 cm³/mol. The molecule has 0 saturated heterocycles. The molecule has 3 nitrogen and oxygen atoms in total. The molecule has 2 N–H and O–H groups in total. The molecule has 17 heavy (non-hydrogen) atoms. The van der Waals surface area contributed by atoms with Gasteiger partial charge in [0.1, 0.15) is 0 Å². The molecule has 0 bridgehead atoms. The van der Waals surface area contributed by atoms with Gasteiger partial charge in [0, 0.05) is 29.8 Å². The summed E-state index contributed by atoms with van der Waals surface area (Å²) in [5.41, 5.74) is 3.88. The molecule has 1 heterocycles. The lowest BCUT2D eigenvalue weighted by Crippen LogP contribution is -2.17. The summed E-state index contributed by atoms with van der Waals surface area (Å²) in [5.74, 6) is 0.698. The van der Waals surface area contributed by atoms with Crippen LogP contribution in [-0.2, 0) is 6.54 Å². The van der Waals surface area contributed by atoms with E-state index in [1.807, 2.05) is 6.20 Å². The molecule has 2 aromatic rings. The van der Waals surface area contributed by atoms with Crippen LogP contribution in [0.1, 0.15) is 29.2 Å². The number of aryl methyl sites for hydroxylation is 1. The summed E-state index contributed by atoms with van der Waals surface area (Å²) >= 11 is 0. The largest absolute Gasteiger partial charge is 0.309 e. The number of rotatable bonds is 4. The van der Waals surface area contributed by atoms with Crippen molar-refractivity contribution < 1.29 is 0 Å². The summed E-state index contributed by atoms with van der Waals surface area (Å²) < 4.78 is 0. The number of nitrogens with zero attached hydrogens (tertiary/aromatic N) is 1. The van der Waals surface area contributed by atoms with Crippen LogP contribution in [0.25, 0.3) is 0 Å². The molecular formula is C14H17N3. The molecule has 1 aliphatic carbocycles. The summed E-state index contributed by atoms with van der Waals surface area (Å²) in [6.45, 7) is 2.97. The summed E-state index contributed by atoms with van der Waals surface area (Å²) in [4.78, 5) is 0. The molecule has 0 radical (unpaired) electrons. The minimum absolute atomic E-state index is 0.631. The Morgan fingerprint density at radius 1 is 1.35 bits per heavy atom. The molecule has 1 fully saturated rings. The average molecular weight is 227 g/mol. The van der Waals surface area contributed by atoms with E-state index in [1.165, 1.54) is 17.5 Å². The van der Waals surface area contributed by atoms with Crippen molar-refractivity contribution in [2.24, 2.45) is 0 Å². The van der Waals surface area contributed by atoms with Gasteiger partial charge >= 0.3 is 0 Å². The number of H-pyrrole nitrogens is 1. The first-order valence-corrected chi connectivity index (χ1v) is 6.12. The molecule has 0 aliphatic heterocycles. The first-order chi connectivity index (χ1) is 8.34. The Morgan fingerprint density at radius 2 is 2.18 bits per heavy atom. The predicted octanol–water partition coefficient (Wildman–Crippen LogP) is 2.36. The van der Waals surface area contributed by atoms with Crippen LogP contribution < -0.4 is 5.32 Å². The van der Waals surface area contributed by atoms with Gasteiger partial charge in [0.05, 0.1) is 6.20 Å². The van der Waals surface area contributed by atoms with Gasteiger partial charge in [0.2, 0.25) is 0 Å². The summed E-state index contributed by atoms with van der Waals surface area (Å²) in [6, 6.07) is 11.4. The Morgan fingerprint density at radius 3 is 2.88 bits per heavy atom. The highest BCUT2D eigenvalue weighted by Gasteiger charge is 2.37. The number of hydrogen-bond acceptors (Lipinski definition) is 2. The van der Waals surface area contributed by atoms with Gasteiger partial charge in [-0.15, -0.1) is 0 Å².